The molecular weight excluding hydrogens is 128 g/mol. The van der Waals surface area contributed by atoms with E-state index >= 15 is 0 Å². The molecule has 0 aliphatic carbocycles. The van der Waals surface area contributed by atoms with Crippen LogP contribution in [0.15, 0.2) is 0 Å². The quantitative estimate of drug-likeness (QED) is 0.215. The molecule has 0 saturated heterocycles. The van der Waals surface area contributed by atoms with Crippen molar-refractivity contribution in [3.05, 3.63) is 0 Å². The van der Waals surface area contributed by atoms with Crippen molar-refractivity contribution >= 4 is 36.4 Å². The average Bonchev–Trinajstić information content (AvgIpc) is 1.65. The first-order chi connectivity index (χ1) is 3.18. The van der Waals surface area contributed by atoms with Crippen molar-refractivity contribution in [2.45, 2.75) is 6.92 Å². The molecule has 2 N–H and O–H groups in total. The van der Waals surface area contributed by atoms with Crippen LogP contribution in [-0.4, -0.2) is 15.3 Å². The van der Waals surface area contributed by atoms with E-state index in [4.69, 9.17) is 5.73 Å². The van der Waals surface area contributed by atoms with Crippen LogP contribution in [0.3, 0.4) is 0 Å². The molecule has 0 amide bonds. The van der Waals surface area contributed by atoms with E-state index in [2.05, 4.69) is 25.0 Å². The van der Waals surface area contributed by atoms with Crippen LogP contribution in [0.4, 0.5) is 0 Å². The lowest BCUT2D eigenvalue weighted by atomic mass is 10.9. The summed E-state index contributed by atoms with van der Waals surface area (Å²) < 4.78 is 1.26. The van der Waals surface area contributed by atoms with Crippen LogP contribution < -0.4 is 5.73 Å². The van der Waals surface area contributed by atoms with Crippen molar-refractivity contribution in [1.82, 2.24) is 0 Å². The summed E-state index contributed by atoms with van der Waals surface area (Å²) in [6.45, 7) is 1.77. The van der Waals surface area contributed by atoms with E-state index in [9.17, 15) is 0 Å². The zero-order valence-electron chi connectivity index (χ0n) is 3.92. The van der Waals surface area contributed by atoms with Gasteiger partial charge in [-0.3, -0.25) is 5.73 Å². The molecule has 0 aromatic carbocycles. The summed E-state index contributed by atoms with van der Waals surface area (Å²) in [6, 6.07) is 0. The second-order valence-electron chi connectivity index (χ2n) is 0.922. The maximum absolute atomic E-state index is 5.07. The summed E-state index contributed by atoms with van der Waals surface area (Å²) in [5.74, 6) is 0. The standard InChI is InChI=1S/C3H6N2S2/c1-2-5(7)3(4)6/h2H,1H3,(H2,4,6). The average molecular weight is 134 g/mol. The molecule has 0 fully saturated rings. The third-order valence-corrected chi connectivity index (χ3v) is 1.17. The molecule has 0 saturated carbocycles. The molecule has 2 nitrogen and oxygen atoms in total. The van der Waals surface area contributed by atoms with Crippen LogP contribution in [0.2, 0.25) is 0 Å². The molecule has 0 aliphatic heterocycles. The Balaban J connectivity index is 3.82. The van der Waals surface area contributed by atoms with Gasteiger partial charge in [-0.25, -0.2) is 0 Å². The molecule has 0 aliphatic rings. The van der Waals surface area contributed by atoms with Crippen LogP contribution in [0, 0.1) is 0 Å². The fraction of sp³-hybridized carbons (Fsp3) is 0.333. The van der Waals surface area contributed by atoms with Crippen molar-refractivity contribution in [2.75, 3.05) is 0 Å². The highest BCUT2D eigenvalue weighted by atomic mass is 32.1. The Morgan fingerprint density at radius 3 is 2.43 bits per heavy atom. The van der Waals surface area contributed by atoms with E-state index in [1.807, 2.05) is 0 Å². The fourth-order valence-corrected chi connectivity index (χ4v) is 0.233. The van der Waals surface area contributed by atoms with E-state index in [0.717, 1.165) is 0 Å². The molecule has 0 aromatic rings. The second-order valence-corrected chi connectivity index (χ2v) is 1.73. The Morgan fingerprint density at radius 1 is 2.00 bits per heavy atom. The van der Waals surface area contributed by atoms with Gasteiger partial charge in [0.1, 0.15) is 0 Å². The lowest BCUT2D eigenvalue weighted by Gasteiger charge is -2.01. The summed E-state index contributed by atoms with van der Waals surface area (Å²) in [6.07, 6.45) is 1.62. The Kier molecular flexibility index (Phi) is 2.78. The predicted octanol–water partition coefficient (Wildman–Crippen LogP) is -0.205. The Hall–Kier alpha value is -0.220. The molecular formula is C3H6N2S2. The van der Waals surface area contributed by atoms with Gasteiger partial charge in [-0.2, -0.15) is 0 Å². The molecule has 0 heterocycles. The Morgan fingerprint density at radius 2 is 2.43 bits per heavy atom. The maximum Gasteiger partial charge on any atom is 0.324 e. The maximum atomic E-state index is 5.07. The summed E-state index contributed by atoms with van der Waals surface area (Å²) >= 11 is 9.06. The van der Waals surface area contributed by atoms with Crippen molar-refractivity contribution in [1.29, 1.82) is 0 Å². The fourth-order valence-electron chi connectivity index (χ4n) is 0.127. The molecule has 7 heavy (non-hydrogen) atoms. The normalized spacial score (nSPS) is 11.3. The molecule has 0 radical (unpaired) electrons. The van der Waals surface area contributed by atoms with Crippen LogP contribution in [0.25, 0.3) is 0 Å². The molecule has 0 aromatic heterocycles. The summed E-state index contributed by atoms with van der Waals surface area (Å²) in [5, 5.41) is 0.220. The summed E-state index contributed by atoms with van der Waals surface area (Å²) in [4.78, 5) is 0. The zero-order chi connectivity index (χ0) is 5.86. The number of thiocarbonyl (C=S) groups is 1. The minimum Gasteiger partial charge on any atom is -0.554 e. The van der Waals surface area contributed by atoms with Gasteiger partial charge in [0.25, 0.3) is 0 Å². The smallest absolute Gasteiger partial charge is 0.324 e. The van der Waals surface area contributed by atoms with Gasteiger partial charge < -0.3 is 16.8 Å². The molecule has 4 heteroatoms. The first-order valence-electron chi connectivity index (χ1n) is 1.73. The number of nitrogens with zero attached hydrogens (tertiary/aromatic N) is 1. The summed E-state index contributed by atoms with van der Waals surface area (Å²) in [5.41, 5.74) is 5.07. The van der Waals surface area contributed by atoms with Crippen LogP contribution in [0.5, 0.6) is 0 Å². The topological polar surface area (TPSA) is 29.0 Å². The van der Waals surface area contributed by atoms with Crippen LogP contribution >= 0.6 is 12.2 Å². The van der Waals surface area contributed by atoms with Gasteiger partial charge in [0.05, 0.1) is 0 Å². The number of hydrogen-bond acceptors (Lipinski definition) is 2. The van der Waals surface area contributed by atoms with E-state index in [0.29, 0.717) is 0 Å². The minimum absolute atomic E-state index is 0.220. The third-order valence-electron chi connectivity index (χ3n) is 0.452. The van der Waals surface area contributed by atoms with Gasteiger partial charge in [0.2, 0.25) is 0 Å². The van der Waals surface area contributed by atoms with E-state index in [-0.39, 0.29) is 5.11 Å². The first kappa shape index (κ1) is 6.78. The lowest BCUT2D eigenvalue weighted by Crippen LogP contribution is -2.21. The lowest BCUT2D eigenvalue weighted by molar-refractivity contribution is -0.187. The highest BCUT2D eigenvalue weighted by Crippen LogP contribution is 1.64. The van der Waals surface area contributed by atoms with Gasteiger partial charge in [-0.05, 0) is 6.92 Å². The molecule has 0 atom stereocenters. The SMILES string of the molecule is CC=[N+]([S-])C(N)=S. The van der Waals surface area contributed by atoms with Gasteiger partial charge in [-0.1, -0.05) is 0 Å². The van der Waals surface area contributed by atoms with Crippen molar-refractivity contribution in [2.24, 2.45) is 5.73 Å². The van der Waals surface area contributed by atoms with E-state index < -0.39 is 0 Å². The van der Waals surface area contributed by atoms with Crippen molar-refractivity contribution in [3.8, 4) is 0 Å². The molecule has 0 rings (SSSR count). The number of nitrogens with two attached hydrogens (primary N) is 1. The number of hydrogen-bond donors (Lipinski definition) is 1. The van der Waals surface area contributed by atoms with Crippen LogP contribution in [0.1, 0.15) is 6.92 Å². The van der Waals surface area contributed by atoms with Crippen LogP contribution in [-0.2, 0) is 12.8 Å². The highest BCUT2D eigenvalue weighted by molar-refractivity contribution is 7.80. The molecule has 0 unspecified atom stereocenters. The summed E-state index contributed by atoms with van der Waals surface area (Å²) in [7, 11) is 0. The zero-order valence-corrected chi connectivity index (χ0v) is 5.55. The van der Waals surface area contributed by atoms with Crippen molar-refractivity contribution < 1.29 is 3.98 Å². The largest absolute Gasteiger partial charge is 0.554 e. The molecule has 40 valence electrons. The number of rotatable bonds is 0. The van der Waals surface area contributed by atoms with Gasteiger partial charge >= 0.3 is 5.11 Å². The highest BCUT2D eigenvalue weighted by Gasteiger charge is 1.83. The minimum atomic E-state index is 0.220. The van der Waals surface area contributed by atoms with Gasteiger partial charge in [-0.15, -0.1) is 0 Å². The first-order valence-corrected chi connectivity index (χ1v) is 2.51. The second kappa shape index (κ2) is 2.87. The van der Waals surface area contributed by atoms with Gasteiger partial charge in [0, 0.05) is 18.4 Å². The molecule has 0 bridgehead atoms. The van der Waals surface area contributed by atoms with Crippen molar-refractivity contribution in [3.63, 3.8) is 0 Å². The van der Waals surface area contributed by atoms with E-state index in [1.54, 1.807) is 13.1 Å². The van der Waals surface area contributed by atoms with E-state index in [1.165, 1.54) is 3.98 Å². The predicted molar refractivity (Wildman–Crippen MR) is 36.1 cm³/mol. The third kappa shape index (κ3) is 2.47. The molecule has 0 spiro atoms. The van der Waals surface area contributed by atoms with Gasteiger partial charge in [0.15, 0.2) is 0 Å². The Bertz CT molecular complexity index is 108. The monoisotopic (exact) mass is 134 g/mol. The Labute approximate surface area is 53.6 Å².